The second kappa shape index (κ2) is 6.50. The van der Waals surface area contributed by atoms with Gasteiger partial charge in [0.25, 0.3) is 0 Å². The average molecular weight is 331 g/mol. The Hall–Kier alpha value is -2.86. The van der Waals surface area contributed by atoms with E-state index in [1.807, 2.05) is 12.1 Å². The quantitative estimate of drug-likeness (QED) is 0.751. The van der Waals surface area contributed by atoms with Crippen LogP contribution in [0.1, 0.15) is 0 Å². The van der Waals surface area contributed by atoms with Crippen LogP contribution in [0.15, 0.2) is 60.9 Å². The molecule has 116 valence electrons. The number of halogens is 2. The molecule has 5 nitrogen and oxygen atoms in total. The van der Waals surface area contributed by atoms with Gasteiger partial charge in [0.05, 0.1) is 34.5 Å². The van der Waals surface area contributed by atoms with E-state index >= 15 is 0 Å². The molecule has 0 saturated carbocycles. The van der Waals surface area contributed by atoms with Gasteiger partial charge in [0.2, 0.25) is 0 Å². The van der Waals surface area contributed by atoms with Gasteiger partial charge in [0.15, 0.2) is 0 Å². The maximum absolute atomic E-state index is 13.5. The fourth-order valence-corrected chi connectivity index (χ4v) is 2.23. The summed E-state index contributed by atoms with van der Waals surface area (Å²) in [7, 11) is 0. The number of carbonyl (C=O) groups is 1. The van der Waals surface area contributed by atoms with E-state index in [0.29, 0.717) is 16.4 Å². The summed E-state index contributed by atoms with van der Waals surface area (Å²) in [6.07, 6.45) is 3.09. The molecule has 2 N–H and O–H groups in total. The molecule has 0 spiro atoms. The Morgan fingerprint density at radius 2 is 1.83 bits per heavy atom. The summed E-state index contributed by atoms with van der Waals surface area (Å²) in [5.41, 5.74) is 1.25. The summed E-state index contributed by atoms with van der Waals surface area (Å²) in [6.45, 7) is 0. The lowest BCUT2D eigenvalue weighted by molar-refractivity contribution is 0.262. The Balaban J connectivity index is 1.71. The third-order valence-corrected chi connectivity index (χ3v) is 3.38. The number of nitrogens with one attached hydrogen (secondary N) is 2. The minimum absolute atomic E-state index is 0.100. The van der Waals surface area contributed by atoms with Crippen molar-refractivity contribution in [3.05, 3.63) is 71.8 Å². The number of anilines is 2. The number of aromatic nitrogens is 2. The topological polar surface area (TPSA) is 59.0 Å². The molecule has 0 aliphatic heterocycles. The highest BCUT2D eigenvalue weighted by Crippen LogP contribution is 2.20. The number of hydrogen-bond donors (Lipinski definition) is 2. The number of rotatable bonds is 3. The standard InChI is InChI=1S/C16H12ClFN4O/c17-12-5-1-4-8-15(12)22-10-11(9-19-22)20-16(23)21-14-7-3-2-6-13(14)18/h1-10H,(H2,20,21,23). The first-order chi connectivity index (χ1) is 11.1. The first-order valence-electron chi connectivity index (χ1n) is 6.75. The molecular weight excluding hydrogens is 319 g/mol. The minimum atomic E-state index is -0.561. The van der Waals surface area contributed by atoms with E-state index in [2.05, 4.69) is 15.7 Å². The van der Waals surface area contributed by atoms with Crippen LogP contribution in [0, 0.1) is 5.82 Å². The highest BCUT2D eigenvalue weighted by Gasteiger charge is 2.09. The first-order valence-corrected chi connectivity index (χ1v) is 7.13. The molecule has 2 amide bonds. The zero-order chi connectivity index (χ0) is 16.2. The van der Waals surface area contributed by atoms with E-state index in [1.165, 1.54) is 18.3 Å². The van der Waals surface area contributed by atoms with Crippen LogP contribution in [0.2, 0.25) is 5.02 Å². The molecule has 0 atom stereocenters. The molecule has 1 aromatic heterocycles. The molecule has 3 aromatic rings. The highest BCUT2D eigenvalue weighted by molar-refractivity contribution is 6.32. The predicted molar refractivity (Wildman–Crippen MR) is 87.6 cm³/mol. The molecule has 0 fully saturated rings. The van der Waals surface area contributed by atoms with Crippen LogP contribution in [-0.4, -0.2) is 15.8 Å². The van der Waals surface area contributed by atoms with Gasteiger partial charge in [-0.15, -0.1) is 0 Å². The van der Waals surface area contributed by atoms with E-state index in [4.69, 9.17) is 11.6 Å². The van der Waals surface area contributed by atoms with Gasteiger partial charge in [-0.2, -0.15) is 5.10 Å². The largest absolute Gasteiger partial charge is 0.323 e. The van der Waals surface area contributed by atoms with Crippen LogP contribution in [0.3, 0.4) is 0 Å². The van der Waals surface area contributed by atoms with Crippen molar-refractivity contribution in [2.75, 3.05) is 10.6 Å². The Morgan fingerprint density at radius 3 is 2.61 bits per heavy atom. The fraction of sp³-hybridized carbons (Fsp3) is 0. The normalized spacial score (nSPS) is 10.3. The van der Waals surface area contributed by atoms with E-state index in [-0.39, 0.29) is 5.69 Å². The van der Waals surface area contributed by atoms with Crippen molar-refractivity contribution in [3.63, 3.8) is 0 Å². The van der Waals surface area contributed by atoms with Gasteiger partial charge < -0.3 is 10.6 Å². The summed E-state index contributed by atoms with van der Waals surface area (Å²) in [6, 6.07) is 12.6. The second-order valence-electron chi connectivity index (χ2n) is 4.68. The second-order valence-corrected chi connectivity index (χ2v) is 5.09. The molecule has 1 heterocycles. The van der Waals surface area contributed by atoms with E-state index in [9.17, 15) is 9.18 Å². The van der Waals surface area contributed by atoms with Crippen molar-refractivity contribution in [1.29, 1.82) is 0 Å². The molecule has 23 heavy (non-hydrogen) atoms. The molecule has 7 heteroatoms. The van der Waals surface area contributed by atoms with E-state index in [0.717, 1.165) is 0 Å². The maximum atomic E-state index is 13.5. The Morgan fingerprint density at radius 1 is 1.09 bits per heavy atom. The number of nitrogens with zero attached hydrogens (tertiary/aromatic N) is 2. The number of hydrogen-bond acceptors (Lipinski definition) is 2. The molecule has 0 aliphatic carbocycles. The van der Waals surface area contributed by atoms with Crippen LogP contribution in [0.5, 0.6) is 0 Å². The summed E-state index contributed by atoms with van der Waals surface area (Å²) in [4.78, 5) is 11.9. The average Bonchev–Trinajstić information content (AvgIpc) is 2.98. The lowest BCUT2D eigenvalue weighted by atomic mass is 10.3. The Labute approximate surface area is 136 Å². The van der Waals surface area contributed by atoms with Crippen LogP contribution < -0.4 is 10.6 Å². The van der Waals surface area contributed by atoms with Crippen molar-refractivity contribution in [2.24, 2.45) is 0 Å². The highest BCUT2D eigenvalue weighted by atomic mass is 35.5. The molecule has 3 rings (SSSR count). The van der Waals surface area contributed by atoms with Crippen molar-refractivity contribution in [3.8, 4) is 5.69 Å². The van der Waals surface area contributed by atoms with Gasteiger partial charge in [-0.05, 0) is 24.3 Å². The monoisotopic (exact) mass is 330 g/mol. The van der Waals surface area contributed by atoms with E-state index < -0.39 is 11.8 Å². The third kappa shape index (κ3) is 3.49. The number of urea groups is 1. The van der Waals surface area contributed by atoms with Crippen molar-refractivity contribution < 1.29 is 9.18 Å². The van der Waals surface area contributed by atoms with Gasteiger partial charge in [-0.3, -0.25) is 0 Å². The lowest BCUT2D eigenvalue weighted by Crippen LogP contribution is -2.19. The van der Waals surface area contributed by atoms with Crippen molar-refractivity contribution in [1.82, 2.24) is 9.78 Å². The minimum Gasteiger partial charge on any atom is -0.305 e. The molecular formula is C16H12ClFN4O. The number of carbonyl (C=O) groups excluding carboxylic acids is 1. The molecule has 0 radical (unpaired) electrons. The summed E-state index contributed by atoms with van der Waals surface area (Å²) < 4.78 is 15.0. The van der Waals surface area contributed by atoms with Crippen LogP contribution in [0.25, 0.3) is 5.69 Å². The fourth-order valence-electron chi connectivity index (χ4n) is 2.00. The molecule has 0 saturated heterocycles. The Kier molecular flexibility index (Phi) is 4.25. The number of amides is 2. The smallest absolute Gasteiger partial charge is 0.305 e. The van der Waals surface area contributed by atoms with Gasteiger partial charge in [0.1, 0.15) is 5.82 Å². The molecule has 0 aliphatic rings. The predicted octanol–water partition coefficient (Wildman–Crippen LogP) is 4.31. The number of benzene rings is 2. The zero-order valence-electron chi connectivity index (χ0n) is 11.8. The van der Waals surface area contributed by atoms with E-state index in [1.54, 1.807) is 35.1 Å². The number of para-hydroxylation sites is 2. The SMILES string of the molecule is O=C(Nc1cnn(-c2ccccc2Cl)c1)Nc1ccccc1F. The summed E-state index contributed by atoms with van der Waals surface area (Å²) in [5, 5.41) is 9.70. The summed E-state index contributed by atoms with van der Waals surface area (Å²) >= 11 is 6.10. The third-order valence-electron chi connectivity index (χ3n) is 3.06. The first kappa shape index (κ1) is 15.1. The van der Waals surface area contributed by atoms with Crippen LogP contribution >= 0.6 is 11.6 Å². The lowest BCUT2D eigenvalue weighted by Gasteiger charge is -2.06. The maximum Gasteiger partial charge on any atom is 0.323 e. The van der Waals surface area contributed by atoms with Crippen molar-refractivity contribution >= 4 is 29.0 Å². The van der Waals surface area contributed by atoms with Gasteiger partial charge in [-0.1, -0.05) is 35.9 Å². The van der Waals surface area contributed by atoms with Crippen LogP contribution in [0.4, 0.5) is 20.6 Å². The molecule has 2 aromatic carbocycles. The molecule has 0 unspecified atom stereocenters. The Bertz CT molecular complexity index is 849. The molecule has 0 bridgehead atoms. The van der Waals surface area contributed by atoms with Gasteiger partial charge in [0, 0.05) is 0 Å². The summed E-state index contributed by atoms with van der Waals surface area (Å²) in [5.74, 6) is -0.505. The van der Waals surface area contributed by atoms with Gasteiger partial charge >= 0.3 is 6.03 Å². The van der Waals surface area contributed by atoms with Crippen LogP contribution in [-0.2, 0) is 0 Å². The van der Waals surface area contributed by atoms with Gasteiger partial charge in [-0.25, -0.2) is 13.9 Å². The van der Waals surface area contributed by atoms with Crippen molar-refractivity contribution in [2.45, 2.75) is 0 Å². The zero-order valence-corrected chi connectivity index (χ0v) is 12.6.